The Morgan fingerprint density at radius 2 is 1.64 bits per heavy atom. The molecule has 2 aromatic carbocycles. The number of halogens is 1. The van der Waals surface area contributed by atoms with Crippen molar-refractivity contribution in [2.75, 3.05) is 19.7 Å². The summed E-state index contributed by atoms with van der Waals surface area (Å²) < 4.78 is 5.56. The predicted octanol–water partition coefficient (Wildman–Crippen LogP) is 3.47. The van der Waals surface area contributed by atoms with Crippen LogP contribution in [0.4, 0.5) is 0 Å². The van der Waals surface area contributed by atoms with Crippen molar-refractivity contribution in [2.24, 2.45) is 5.73 Å². The molecule has 2 rings (SSSR count). The van der Waals surface area contributed by atoms with Gasteiger partial charge in [-0.05, 0) is 30.2 Å². The fourth-order valence-corrected chi connectivity index (χ4v) is 2.40. The Bertz CT molecular complexity index is 534. The molecular weight excluding hydrogens is 296 g/mol. The molecule has 0 aliphatic rings. The number of rotatable bonds is 8. The Morgan fingerprint density at radius 3 is 2.32 bits per heavy atom. The maximum atomic E-state index is 5.75. The minimum Gasteiger partial charge on any atom is -0.494 e. The van der Waals surface area contributed by atoms with Gasteiger partial charge in [-0.1, -0.05) is 42.5 Å². The lowest BCUT2D eigenvalue weighted by molar-refractivity contribution is 0.263. The van der Waals surface area contributed by atoms with Gasteiger partial charge >= 0.3 is 0 Å². The molecule has 4 heteroatoms. The number of hydrogen-bond acceptors (Lipinski definition) is 3. The van der Waals surface area contributed by atoms with Crippen LogP contribution in [0.2, 0.25) is 0 Å². The third-order valence-electron chi connectivity index (χ3n) is 3.31. The summed E-state index contributed by atoms with van der Waals surface area (Å²) in [7, 11) is 0. The fraction of sp³-hybridized carbons (Fsp3) is 0.333. The van der Waals surface area contributed by atoms with Crippen molar-refractivity contribution in [3.8, 4) is 5.75 Å². The normalized spacial score (nSPS) is 10.3. The van der Waals surface area contributed by atoms with E-state index in [0.29, 0.717) is 13.2 Å². The number of nitrogens with two attached hydrogens (primary N) is 1. The quantitative estimate of drug-likeness (QED) is 0.809. The van der Waals surface area contributed by atoms with E-state index in [2.05, 4.69) is 41.3 Å². The Hall–Kier alpha value is -1.55. The number of benzene rings is 2. The van der Waals surface area contributed by atoms with Crippen molar-refractivity contribution in [3.63, 3.8) is 0 Å². The molecule has 120 valence electrons. The van der Waals surface area contributed by atoms with Crippen LogP contribution in [0.25, 0.3) is 0 Å². The van der Waals surface area contributed by atoms with Crippen LogP contribution in [0.1, 0.15) is 18.1 Å². The molecule has 0 aliphatic carbocycles. The van der Waals surface area contributed by atoms with E-state index in [0.717, 1.165) is 25.4 Å². The first-order valence-corrected chi connectivity index (χ1v) is 7.50. The summed E-state index contributed by atoms with van der Waals surface area (Å²) in [5.74, 6) is 0.933. The molecule has 0 spiro atoms. The molecule has 0 bridgehead atoms. The predicted molar refractivity (Wildman–Crippen MR) is 94.5 cm³/mol. The van der Waals surface area contributed by atoms with Gasteiger partial charge in [-0.15, -0.1) is 12.4 Å². The highest BCUT2D eigenvalue weighted by Gasteiger charge is 2.07. The molecular formula is C18H25ClN2O. The molecule has 22 heavy (non-hydrogen) atoms. The summed E-state index contributed by atoms with van der Waals surface area (Å²) in [6.07, 6.45) is 0. The average Bonchev–Trinajstić information content (AvgIpc) is 2.49. The maximum absolute atomic E-state index is 5.75. The maximum Gasteiger partial charge on any atom is 0.119 e. The Balaban J connectivity index is 0.00000242. The van der Waals surface area contributed by atoms with Crippen LogP contribution in [0.5, 0.6) is 5.75 Å². The van der Waals surface area contributed by atoms with Crippen molar-refractivity contribution in [1.29, 1.82) is 0 Å². The lowest BCUT2D eigenvalue weighted by Gasteiger charge is -2.22. The molecule has 0 fully saturated rings. The van der Waals surface area contributed by atoms with Gasteiger partial charge in [-0.2, -0.15) is 0 Å². The zero-order valence-electron chi connectivity index (χ0n) is 13.1. The first kappa shape index (κ1) is 18.5. The van der Waals surface area contributed by atoms with E-state index < -0.39 is 0 Å². The van der Waals surface area contributed by atoms with E-state index in [1.54, 1.807) is 0 Å². The average molecular weight is 321 g/mol. The van der Waals surface area contributed by atoms with E-state index in [1.807, 2.05) is 25.1 Å². The molecule has 2 aromatic rings. The van der Waals surface area contributed by atoms with E-state index in [4.69, 9.17) is 10.5 Å². The summed E-state index contributed by atoms with van der Waals surface area (Å²) in [4.78, 5) is 2.36. The standard InChI is InChI=1S/C18H24N2O.ClH/c1-2-21-18-10-6-9-17(13-18)15-20(12-11-19)14-16-7-4-3-5-8-16;/h3-10,13H,2,11-12,14-15,19H2,1H3;1H. The number of ether oxygens (including phenoxy) is 1. The molecule has 0 unspecified atom stereocenters. The van der Waals surface area contributed by atoms with E-state index in [-0.39, 0.29) is 12.4 Å². The number of hydrogen-bond donors (Lipinski definition) is 1. The first-order chi connectivity index (χ1) is 10.3. The van der Waals surface area contributed by atoms with E-state index in [1.165, 1.54) is 11.1 Å². The molecule has 0 aromatic heterocycles. The van der Waals surface area contributed by atoms with Gasteiger partial charge in [0, 0.05) is 26.2 Å². The minimum atomic E-state index is 0. The monoisotopic (exact) mass is 320 g/mol. The Morgan fingerprint density at radius 1 is 0.955 bits per heavy atom. The third-order valence-corrected chi connectivity index (χ3v) is 3.31. The third kappa shape index (κ3) is 6.06. The van der Waals surface area contributed by atoms with Crippen LogP contribution in [0, 0.1) is 0 Å². The summed E-state index contributed by atoms with van der Waals surface area (Å²) in [6, 6.07) is 18.8. The Kier molecular flexibility index (Phi) is 8.60. The van der Waals surface area contributed by atoms with Crippen LogP contribution < -0.4 is 10.5 Å². The van der Waals surface area contributed by atoms with Gasteiger partial charge < -0.3 is 10.5 Å². The van der Waals surface area contributed by atoms with Crippen LogP contribution in [0.15, 0.2) is 54.6 Å². The largest absolute Gasteiger partial charge is 0.494 e. The zero-order valence-corrected chi connectivity index (χ0v) is 13.9. The van der Waals surface area contributed by atoms with Gasteiger partial charge in [0.05, 0.1) is 6.61 Å². The van der Waals surface area contributed by atoms with E-state index in [9.17, 15) is 0 Å². The van der Waals surface area contributed by atoms with Gasteiger partial charge in [-0.25, -0.2) is 0 Å². The van der Waals surface area contributed by atoms with Gasteiger partial charge in [0.2, 0.25) is 0 Å². The second-order valence-corrected chi connectivity index (χ2v) is 5.07. The highest BCUT2D eigenvalue weighted by Crippen LogP contribution is 2.16. The smallest absolute Gasteiger partial charge is 0.119 e. The molecule has 2 N–H and O–H groups in total. The van der Waals surface area contributed by atoms with Crippen molar-refractivity contribution < 1.29 is 4.74 Å². The van der Waals surface area contributed by atoms with Crippen molar-refractivity contribution in [2.45, 2.75) is 20.0 Å². The van der Waals surface area contributed by atoms with Crippen molar-refractivity contribution in [3.05, 3.63) is 65.7 Å². The van der Waals surface area contributed by atoms with Gasteiger partial charge in [-0.3, -0.25) is 4.90 Å². The summed E-state index contributed by atoms with van der Waals surface area (Å²) in [6.45, 7) is 6.04. The lowest BCUT2D eigenvalue weighted by atomic mass is 10.1. The molecule has 0 aliphatic heterocycles. The lowest BCUT2D eigenvalue weighted by Crippen LogP contribution is -2.28. The minimum absolute atomic E-state index is 0. The van der Waals surface area contributed by atoms with Crippen LogP contribution in [-0.4, -0.2) is 24.6 Å². The summed E-state index contributed by atoms with van der Waals surface area (Å²) >= 11 is 0. The molecule has 0 radical (unpaired) electrons. The van der Waals surface area contributed by atoms with Gasteiger partial charge in [0.15, 0.2) is 0 Å². The highest BCUT2D eigenvalue weighted by molar-refractivity contribution is 5.85. The number of nitrogens with zero attached hydrogens (tertiary/aromatic N) is 1. The molecule has 0 amide bonds. The zero-order chi connectivity index (χ0) is 14.9. The van der Waals surface area contributed by atoms with Gasteiger partial charge in [0.25, 0.3) is 0 Å². The molecule has 0 heterocycles. The first-order valence-electron chi connectivity index (χ1n) is 7.50. The van der Waals surface area contributed by atoms with Crippen LogP contribution in [0.3, 0.4) is 0 Å². The Labute approximate surface area is 139 Å². The van der Waals surface area contributed by atoms with Crippen LogP contribution in [-0.2, 0) is 13.1 Å². The second kappa shape index (κ2) is 10.2. The molecule has 0 saturated heterocycles. The molecule has 0 atom stereocenters. The van der Waals surface area contributed by atoms with Crippen LogP contribution >= 0.6 is 12.4 Å². The van der Waals surface area contributed by atoms with Crippen molar-refractivity contribution >= 4 is 12.4 Å². The fourth-order valence-electron chi connectivity index (χ4n) is 2.40. The summed E-state index contributed by atoms with van der Waals surface area (Å²) in [5.41, 5.74) is 8.31. The SMILES string of the molecule is CCOc1cccc(CN(CCN)Cc2ccccc2)c1.Cl. The molecule has 3 nitrogen and oxygen atoms in total. The van der Waals surface area contributed by atoms with Gasteiger partial charge in [0.1, 0.15) is 5.75 Å². The summed E-state index contributed by atoms with van der Waals surface area (Å²) in [5, 5.41) is 0. The topological polar surface area (TPSA) is 38.5 Å². The van der Waals surface area contributed by atoms with E-state index >= 15 is 0 Å². The highest BCUT2D eigenvalue weighted by atomic mass is 35.5. The molecule has 0 saturated carbocycles. The second-order valence-electron chi connectivity index (χ2n) is 5.07. The van der Waals surface area contributed by atoms with Crippen molar-refractivity contribution in [1.82, 2.24) is 4.90 Å².